The van der Waals surface area contributed by atoms with Crippen LogP contribution in [0.3, 0.4) is 0 Å². The van der Waals surface area contributed by atoms with Gasteiger partial charge in [0.1, 0.15) is 4.47 Å². The van der Waals surface area contributed by atoms with Gasteiger partial charge in [-0.05, 0) is 34.1 Å². The number of nitrogens with one attached hydrogen (secondary N) is 1. The Hall–Kier alpha value is -2.51. The number of rotatable bonds is 3. The third-order valence-electron chi connectivity index (χ3n) is 3.41. The molecule has 2 aromatic rings. The number of benzene rings is 1. The summed E-state index contributed by atoms with van der Waals surface area (Å²) >= 11 is 2.41. The maximum atomic E-state index is 13.2. The van der Waals surface area contributed by atoms with E-state index in [0.29, 0.717) is 16.8 Å². The summed E-state index contributed by atoms with van der Waals surface area (Å²) in [5.41, 5.74) is -7.61. The molecule has 0 saturated carbocycles. The minimum atomic E-state index is -5.30. The molecule has 14 heteroatoms. The Bertz CT molecular complexity index is 1010. The van der Waals surface area contributed by atoms with Crippen LogP contribution in [0.4, 0.5) is 51.1 Å². The van der Waals surface area contributed by atoms with Gasteiger partial charge in [-0.25, -0.2) is 4.98 Å². The monoisotopic (exact) mass is 495 g/mol. The Morgan fingerprint density at radius 3 is 2.03 bits per heavy atom. The van der Waals surface area contributed by atoms with Crippen LogP contribution in [0.25, 0.3) is 6.20 Å². The summed E-state index contributed by atoms with van der Waals surface area (Å²) in [6, 6.07) is 0.431. The number of hydrogen-bond donors (Lipinski definition) is 1. The summed E-state index contributed by atoms with van der Waals surface area (Å²) in [6.07, 6.45) is -14.9. The molecule has 0 fully saturated rings. The van der Waals surface area contributed by atoms with Crippen molar-refractivity contribution in [3.05, 3.63) is 56.4 Å². The zero-order valence-corrected chi connectivity index (χ0v) is 15.2. The van der Waals surface area contributed by atoms with Gasteiger partial charge >= 0.3 is 18.5 Å². The fourth-order valence-corrected chi connectivity index (χ4v) is 2.65. The Balaban J connectivity index is 2.72. The summed E-state index contributed by atoms with van der Waals surface area (Å²) in [6.45, 7) is 3.15. The van der Waals surface area contributed by atoms with E-state index in [1.165, 1.54) is 0 Å². The third-order valence-corrected chi connectivity index (χ3v) is 4.12. The Kier molecular flexibility index (Phi) is 5.80. The summed E-state index contributed by atoms with van der Waals surface area (Å²) < 4.78 is 116. The molecule has 0 spiro atoms. The molecule has 1 aromatic heterocycles. The Labute approximate surface area is 163 Å². The van der Waals surface area contributed by atoms with Gasteiger partial charge < -0.3 is 5.32 Å². The van der Waals surface area contributed by atoms with Crippen LogP contribution in [0.5, 0.6) is 0 Å². The van der Waals surface area contributed by atoms with E-state index < -0.39 is 57.0 Å². The fourth-order valence-electron chi connectivity index (χ4n) is 2.14. The summed E-state index contributed by atoms with van der Waals surface area (Å²) in [7, 11) is 0. The van der Waals surface area contributed by atoms with Crippen molar-refractivity contribution in [2.24, 2.45) is 0 Å². The number of alkyl halides is 9. The molecule has 0 aliphatic rings. The van der Waals surface area contributed by atoms with Crippen molar-refractivity contribution in [2.75, 3.05) is 5.32 Å². The second-order valence-electron chi connectivity index (χ2n) is 5.33. The van der Waals surface area contributed by atoms with Crippen LogP contribution in [-0.4, -0.2) is 9.55 Å². The van der Waals surface area contributed by atoms with Crippen molar-refractivity contribution in [3.8, 4) is 0 Å². The van der Waals surface area contributed by atoms with Crippen LogP contribution >= 0.6 is 15.9 Å². The number of nitrogens with zero attached hydrogens (tertiary/aromatic N) is 2. The molecule has 0 atom stereocenters. The molecule has 1 N–H and O–H groups in total. The molecule has 1 heterocycles. The SMILES string of the molecule is C=Cn1c(Nc2ccc(C(F)(F)F)cc2C(F)(F)F)nc(C(F)(F)F)c(Br)c1=O. The Morgan fingerprint density at radius 1 is 1.00 bits per heavy atom. The quantitative estimate of drug-likeness (QED) is 0.539. The van der Waals surface area contributed by atoms with Gasteiger partial charge in [0, 0.05) is 6.20 Å². The van der Waals surface area contributed by atoms with Crippen molar-refractivity contribution >= 4 is 33.8 Å². The maximum absolute atomic E-state index is 13.2. The lowest BCUT2D eigenvalue weighted by Gasteiger charge is -2.19. The number of anilines is 2. The highest BCUT2D eigenvalue weighted by Gasteiger charge is 2.40. The van der Waals surface area contributed by atoms with Gasteiger partial charge in [0.2, 0.25) is 5.95 Å². The standard InChI is InChI=1S/C15H7BrF9N3O/c1-2-28-11(29)9(16)10(15(23,24)25)27-12(28)26-8-4-3-6(13(17,18)19)5-7(8)14(20,21)22/h2-5H,1H2,(H,26,27). The summed E-state index contributed by atoms with van der Waals surface area (Å²) in [4.78, 5) is 15.1. The minimum Gasteiger partial charge on any atom is -0.325 e. The molecule has 0 aliphatic heterocycles. The molecule has 0 unspecified atom stereocenters. The average molecular weight is 496 g/mol. The first-order chi connectivity index (χ1) is 13.1. The van der Waals surface area contributed by atoms with E-state index in [1.807, 2.05) is 5.32 Å². The minimum absolute atomic E-state index is 0.220. The van der Waals surface area contributed by atoms with Gasteiger partial charge in [-0.2, -0.15) is 39.5 Å². The molecule has 4 nitrogen and oxygen atoms in total. The van der Waals surface area contributed by atoms with E-state index in [0.717, 1.165) is 0 Å². The molecular formula is C15H7BrF9N3O. The lowest BCUT2D eigenvalue weighted by molar-refractivity contribution is -0.143. The van der Waals surface area contributed by atoms with Crippen LogP contribution in [0.2, 0.25) is 0 Å². The normalized spacial score (nSPS) is 12.8. The average Bonchev–Trinajstić information content (AvgIpc) is 2.55. The Morgan fingerprint density at radius 2 is 1.59 bits per heavy atom. The predicted molar refractivity (Wildman–Crippen MR) is 87.3 cm³/mol. The van der Waals surface area contributed by atoms with Crippen LogP contribution in [0, 0.1) is 0 Å². The lowest BCUT2D eigenvalue weighted by Crippen LogP contribution is -2.26. The molecule has 0 aliphatic carbocycles. The van der Waals surface area contributed by atoms with Gasteiger partial charge in [0.05, 0.1) is 16.8 Å². The molecule has 2 rings (SSSR count). The van der Waals surface area contributed by atoms with E-state index >= 15 is 0 Å². The molecule has 1 aromatic carbocycles. The largest absolute Gasteiger partial charge is 0.434 e. The number of hydrogen-bond acceptors (Lipinski definition) is 3. The number of halogens is 10. The lowest BCUT2D eigenvalue weighted by atomic mass is 10.1. The zero-order valence-electron chi connectivity index (χ0n) is 13.6. The number of aromatic nitrogens is 2. The second kappa shape index (κ2) is 7.39. The van der Waals surface area contributed by atoms with Gasteiger partial charge in [-0.1, -0.05) is 6.58 Å². The second-order valence-corrected chi connectivity index (χ2v) is 6.13. The van der Waals surface area contributed by atoms with Crippen molar-refractivity contribution in [1.82, 2.24) is 9.55 Å². The van der Waals surface area contributed by atoms with Crippen molar-refractivity contribution < 1.29 is 39.5 Å². The maximum Gasteiger partial charge on any atom is 0.434 e. The molecule has 0 saturated heterocycles. The molecular weight excluding hydrogens is 489 g/mol. The van der Waals surface area contributed by atoms with E-state index in [9.17, 15) is 44.3 Å². The molecule has 0 radical (unpaired) electrons. The van der Waals surface area contributed by atoms with Gasteiger partial charge in [-0.3, -0.25) is 9.36 Å². The highest BCUT2D eigenvalue weighted by molar-refractivity contribution is 9.10. The topological polar surface area (TPSA) is 46.9 Å². The van der Waals surface area contributed by atoms with Crippen LogP contribution in [0.1, 0.15) is 16.8 Å². The summed E-state index contributed by atoms with van der Waals surface area (Å²) in [5, 5.41) is 1.83. The first-order valence-electron chi connectivity index (χ1n) is 7.14. The van der Waals surface area contributed by atoms with Crippen LogP contribution in [-0.2, 0) is 18.5 Å². The fraction of sp³-hybridized carbons (Fsp3) is 0.200. The van der Waals surface area contributed by atoms with Gasteiger partial charge in [-0.15, -0.1) is 0 Å². The highest BCUT2D eigenvalue weighted by atomic mass is 79.9. The molecule has 29 heavy (non-hydrogen) atoms. The highest BCUT2D eigenvalue weighted by Crippen LogP contribution is 2.40. The van der Waals surface area contributed by atoms with Crippen molar-refractivity contribution in [3.63, 3.8) is 0 Å². The zero-order chi connectivity index (χ0) is 22.4. The third kappa shape index (κ3) is 4.74. The van der Waals surface area contributed by atoms with Crippen LogP contribution < -0.4 is 10.9 Å². The van der Waals surface area contributed by atoms with Crippen molar-refractivity contribution in [1.29, 1.82) is 0 Å². The molecule has 158 valence electrons. The summed E-state index contributed by atoms with van der Waals surface area (Å²) in [5.74, 6) is -1.04. The van der Waals surface area contributed by atoms with E-state index in [-0.39, 0.29) is 12.1 Å². The van der Waals surface area contributed by atoms with E-state index in [2.05, 4.69) is 27.5 Å². The van der Waals surface area contributed by atoms with Crippen molar-refractivity contribution in [2.45, 2.75) is 18.5 Å². The van der Waals surface area contributed by atoms with E-state index in [4.69, 9.17) is 0 Å². The van der Waals surface area contributed by atoms with Crippen LogP contribution in [0.15, 0.2) is 34.0 Å². The first kappa shape index (κ1) is 22.8. The predicted octanol–water partition coefficient (Wildman–Crippen LogP) is 5.91. The molecule has 0 amide bonds. The van der Waals surface area contributed by atoms with E-state index in [1.54, 1.807) is 0 Å². The smallest absolute Gasteiger partial charge is 0.325 e. The molecule has 0 bridgehead atoms. The van der Waals surface area contributed by atoms with Gasteiger partial charge in [0.15, 0.2) is 5.69 Å². The first-order valence-corrected chi connectivity index (χ1v) is 7.94. The van der Waals surface area contributed by atoms with Gasteiger partial charge in [0.25, 0.3) is 5.56 Å².